The van der Waals surface area contributed by atoms with E-state index in [2.05, 4.69) is 10.5 Å². The maximum absolute atomic E-state index is 5.90. The second-order valence-electron chi connectivity index (χ2n) is 3.87. The number of thiophene rings is 1. The number of hydrogen-bond acceptors (Lipinski definition) is 3. The quantitative estimate of drug-likeness (QED) is 0.611. The fourth-order valence-electron chi connectivity index (χ4n) is 1.46. The van der Waals surface area contributed by atoms with Gasteiger partial charge in [0, 0.05) is 5.02 Å². The van der Waals surface area contributed by atoms with Crippen LogP contribution in [0.1, 0.15) is 17.4 Å². The van der Waals surface area contributed by atoms with E-state index in [1.54, 1.807) is 0 Å². The zero-order chi connectivity index (χ0) is 13.1. The van der Waals surface area contributed by atoms with Gasteiger partial charge in [-0.15, -0.1) is 11.3 Å². The second-order valence-corrected chi connectivity index (χ2v) is 6.02. The van der Waals surface area contributed by atoms with Crippen LogP contribution >= 0.6 is 34.5 Å². The van der Waals surface area contributed by atoms with Gasteiger partial charge in [0.05, 0.1) is 20.6 Å². The highest BCUT2D eigenvalue weighted by Crippen LogP contribution is 2.23. The van der Waals surface area contributed by atoms with Crippen molar-refractivity contribution in [3.05, 3.63) is 50.1 Å². The predicted molar refractivity (Wildman–Crippen MR) is 81.4 cm³/mol. The zero-order valence-electron chi connectivity index (χ0n) is 10.00. The maximum Gasteiger partial charge on any atom is 0.0935 e. The number of anilines is 1. The molecule has 0 saturated heterocycles. The first kappa shape index (κ1) is 13.4. The summed E-state index contributed by atoms with van der Waals surface area (Å²) in [6, 6.07) is 9.48. The van der Waals surface area contributed by atoms with E-state index in [1.807, 2.05) is 44.2 Å². The fourth-order valence-corrected chi connectivity index (χ4v) is 2.68. The van der Waals surface area contributed by atoms with Crippen molar-refractivity contribution in [1.82, 2.24) is 0 Å². The Morgan fingerprint density at radius 2 is 2.00 bits per heavy atom. The third-order valence-corrected chi connectivity index (χ3v) is 4.04. The molecule has 0 fully saturated rings. The van der Waals surface area contributed by atoms with Gasteiger partial charge in [0.1, 0.15) is 0 Å². The van der Waals surface area contributed by atoms with Gasteiger partial charge in [-0.25, -0.2) is 0 Å². The van der Waals surface area contributed by atoms with E-state index in [-0.39, 0.29) is 0 Å². The first-order valence-corrected chi connectivity index (χ1v) is 6.95. The second kappa shape index (κ2) is 5.74. The molecule has 1 aromatic carbocycles. The number of halogens is 2. The number of rotatable bonds is 3. The molecule has 0 unspecified atom stereocenters. The molecule has 0 spiro atoms. The Bertz CT molecular complexity index is 590. The number of aryl methyl sites for hydroxylation is 1. The molecule has 2 rings (SSSR count). The molecule has 1 aromatic heterocycles. The van der Waals surface area contributed by atoms with Crippen molar-refractivity contribution in [2.24, 2.45) is 5.10 Å². The molecule has 0 bridgehead atoms. The molecule has 2 nitrogen and oxygen atoms in total. The lowest BCUT2D eigenvalue weighted by Crippen LogP contribution is -1.98. The van der Waals surface area contributed by atoms with Crippen molar-refractivity contribution < 1.29 is 0 Å². The number of nitrogens with one attached hydrogen (secondary N) is 1. The van der Waals surface area contributed by atoms with Gasteiger partial charge in [-0.1, -0.05) is 23.2 Å². The SMILES string of the molecule is C/C(=N/Nc1ccc(Cl)cc1C)c1ccc(Cl)s1. The Balaban J connectivity index is 2.15. The highest BCUT2D eigenvalue weighted by Gasteiger charge is 2.02. The zero-order valence-corrected chi connectivity index (χ0v) is 12.3. The molecule has 2 aromatic rings. The summed E-state index contributed by atoms with van der Waals surface area (Å²) in [4.78, 5) is 1.05. The van der Waals surface area contributed by atoms with Crippen molar-refractivity contribution >= 4 is 45.9 Å². The van der Waals surface area contributed by atoms with Crippen LogP contribution in [0.15, 0.2) is 35.4 Å². The summed E-state index contributed by atoms with van der Waals surface area (Å²) in [7, 11) is 0. The van der Waals surface area contributed by atoms with Gasteiger partial charge in [-0.2, -0.15) is 5.10 Å². The Morgan fingerprint density at radius 1 is 1.22 bits per heavy atom. The first-order valence-electron chi connectivity index (χ1n) is 5.38. The maximum atomic E-state index is 5.90. The van der Waals surface area contributed by atoms with E-state index in [1.165, 1.54) is 11.3 Å². The van der Waals surface area contributed by atoms with Gasteiger partial charge in [-0.05, 0) is 49.7 Å². The van der Waals surface area contributed by atoms with E-state index in [9.17, 15) is 0 Å². The molecule has 5 heteroatoms. The average Bonchev–Trinajstić information content (AvgIpc) is 2.74. The Hall–Kier alpha value is -1.03. The lowest BCUT2D eigenvalue weighted by molar-refractivity contribution is 1.29. The van der Waals surface area contributed by atoms with E-state index in [4.69, 9.17) is 23.2 Å². The molecule has 0 aliphatic carbocycles. The summed E-state index contributed by atoms with van der Waals surface area (Å²) in [5.74, 6) is 0. The highest BCUT2D eigenvalue weighted by atomic mass is 35.5. The molecule has 0 aliphatic rings. The van der Waals surface area contributed by atoms with E-state index < -0.39 is 0 Å². The molecule has 1 N–H and O–H groups in total. The fraction of sp³-hybridized carbons (Fsp3) is 0.154. The summed E-state index contributed by atoms with van der Waals surface area (Å²) in [6.45, 7) is 3.93. The number of nitrogens with zero attached hydrogens (tertiary/aromatic N) is 1. The van der Waals surface area contributed by atoms with Crippen LogP contribution in [0.5, 0.6) is 0 Å². The number of hydrazone groups is 1. The average molecular weight is 299 g/mol. The van der Waals surface area contributed by atoms with Crippen molar-refractivity contribution in [2.75, 3.05) is 5.43 Å². The molecular formula is C13H12Cl2N2S. The van der Waals surface area contributed by atoms with E-state index in [0.717, 1.165) is 31.2 Å². The largest absolute Gasteiger partial charge is 0.278 e. The van der Waals surface area contributed by atoms with Gasteiger partial charge in [-0.3, -0.25) is 5.43 Å². The van der Waals surface area contributed by atoms with Gasteiger partial charge in [0.25, 0.3) is 0 Å². The molecular weight excluding hydrogens is 287 g/mol. The van der Waals surface area contributed by atoms with Crippen molar-refractivity contribution in [2.45, 2.75) is 13.8 Å². The molecule has 0 aliphatic heterocycles. The Labute approximate surface area is 120 Å². The van der Waals surface area contributed by atoms with Crippen LogP contribution < -0.4 is 5.43 Å². The van der Waals surface area contributed by atoms with Gasteiger partial charge >= 0.3 is 0 Å². The van der Waals surface area contributed by atoms with Crippen LogP contribution in [0.3, 0.4) is 0 Å². The molecule has 0 amide bonds. The van der Waals surface area contributed by atoms with Crippen molar-refractivity contribution in [3.63, 3.8) is 0 Å². The molecule has 18 heavy (non-hydrogen) atoms. The van der Waals surface area contributed by atoms with Gasteiger partial charge in [0.2, 0.25) is 0 Å². The minimum atomic E-state index is 0.726. The van der Waals surface area contributed by atoms with Gasteiger partial charge < -0.3 is 0 Å². The number of hydrogen-bond donors (Lipinski definition) is 1. The summed E-state index contributed by atoms with van der Waals surface area (Å²) in [6.07, 6.45) is 0. The first-order chi connectivity index (χ1) is 8.56. The van der Waals surface area contributed by atoms with Crippen molar-refractivity contribution in [1.29, 1.82) is 0 Å². The number of benzene rings is 1. The van der Waals surface area contributed by atoms with Gasteiger partial charge in [0.15, 0.2) is 0 Å². The van der Waals surface area contributed by atoms with E-state index in [0.29, 0.717) is 0 Å². The Morgan fingerprint density at radius 3 is 2.61 bits per heavy atom. The topological polar surface area (TPSA) is 24.4 Å². The lowest BCUT2D eigenvalue weighted by atomic mass is 10.2. The third kappa shape index (κ3) is 3.25. The molecule has 1 heterocycles. The van der Waals surface area contributed by atoms with Crippen LogP contribution in [-0.2, 0) is 0 Å². The summed E-state index contributed by atoms with van der Waals surface area (Å²) in [5.41, 5.74) is 5.95. The smallest absolute Gasteiger partial charge is 0.0935 e. The molecule has 0 saturated carbocycles. The van der Waals surface area contributed by atoms with E-state index >= 15 is 0 Å². The standard InChI is InChI=1S/C13H12Cl2N2S/c1-8-7-10(14)3-4-11(8)17-16-9(2)12-5-6-13(15)18-12/h3-7,17H,1-2H3/b16-9-. The van der Waals surface area contributed by atoms with Crippen LogP contribution in [-0.4, -0.2) is 5.71 Å². The molecule has 94 valence electrons. The summed E-state index contributed by atoms with van der Waals surface area (Å²) >= 11 is 13.3. The normalized spacial score (nSPS) is 11.7. The minimum absolute atomic E-state index is 0.726. The van der Waals surface area contributed by atoms with Crippen LogP contribution in [0.4, 0.5) is 5.69 Å². The summed E-state index contributed by atoms with van der Waals surface area (Å²) < 4.78 is 0.766. The van der Waals surface area contributed by atoms with Crippen LogP contribution in [0.2, 0.25) is 9.36 Å². The third-order valence-electron chi connectivity index (χ3n) is 2.46. The molecule has 0 radical (unpaired) electrons. The monoisotopic (exact) mass is 298 g/mol. The summed E-state index contributed by atoms with van der Waals surface area (Å²) in [5, 5.41) is 5.07. The predicted octanol–water partition coefficient (Wildman–Crippen LogP) is 5.20. The lowest BCUT2D eigenvalue weighted by Gasteiger charge is -2.06. The van der Waals surface area contributed by atoms with Crippen LogP contribution in [0.25, 0.3) is 0 Å². The van der Waals surface area contributed by atoms with Crippen molar-refractivity contribution in [3.8, 4) is 0 Å². The Kier molecular flexibility index (Phi) is 4.27. The van der Waals surface area contributed by atoms with Crippen LogP contribution in [0, 0.1) is 6.92 Å². The molecule has 0 atom stereocenters. The highest BCUT2D eigenvalue weighted by molar-refractivity contribution is 7.18. The minimum Gasteiger partial charge on any atom is -0.278 e.